The lowest BCUT2D eigenvalue weighted by atomic mass is 10.0. The molecule has 3 aromatic rings. The van der Waals surface area contributed by atoms with Crippen LogP contribution >= 0.6 is 0 Å². The van der Waals surface area contributed by atoms with E-state index in [9.17, 15) is 29.4 Å². The molecule has 3 amide bonds. The number of nitrogens with zero attached hydrogens (tertiary/aromatic N) is 1. The Morgan fingerprint density at radius 3 is 2.21 bits per heavy atom. The number of aliphatic hydroxyl groups excluding tert-OH is 1. The zero-order chi connectivity index (χ0) is 28.5. The zero-order valence-electron chi connectivity index (χ0n) is 21.8. The Hall–Kier alpha value is -4.23. The van der Waals surface area contributed by atoms with E-state index in [0.29, 0.717) is 17.7 Å². The number of aliphatic hydroxyl groups is 1. The second kappa shape index (κ2) is 13.5. The fourth-order valence-electron chi connectivity index (χ4n) is 4.18. The summed E-state index contributed by atoms with van der Waals surface area (Å²) in [5.41, 5.74) is 8.11. The molecule has 13 nitrogen and oxygen atoms in total. The van der Waals surface area contributed by atoms with E-state index >= 15 is 0 Å². The number of aliphatic carboxylic acids is 1. The summed E-state index contributed by atoms with van der Waals surface area (Å²) in [5, 5.41) is 27.1. The number of para-hydroxylation sites is 1. The third-order valence-electron chi connectivity index (χ3n) is 6.20. The maximum absolute atomic E-state index is 13.5. The lowest BCUT2D eigenvalue weighted by Gasteiger charge is -2.25. The van der Waals surface area contributed by atoms with Crippen molar-refractivity contribution in [2.45, 2.75) is 57.3 Å². The van der Waals surface area contributed by atoms with Gasteiger partial charge in [0.15, 0.2) is 0 Å². The van der Waals surface area contributed by atoms with Crippen LogP contribution in [-0.4, -0.2) is 79.6 Å². The number of H-pyrrole nitrogens is 2. The molecule has 0 bridgehead atoms. The molecule has 4 atom stereocenters. The molecule has 3 rings (SSSR count). The van der Waals surface area contributed by atoms with Crippen LogP contribution in [0.25, 0.3) is 10.9 Å². The Morgan fingerprint density at radius 1 is 0.949 bits per heavy atom. The molecule has 0 aliphatic heterocycles. The molecule has 0 aliphatic rings. The number of nitrogens with two attached hydrogens (primary N) is 1. The summed E-state index contributed by atoms with van der Waals surface area (Å²) in [4.78, 5) is 60.8. The molecule has 1 aromatic carbocycles. The predicted molar refractivity (Wildman–Crippen MR) is 142 cm³/mol. The lowest BCUT2D eigenvalue weighted by Crippen LogP contribution is -2.58. The van der Waals surface area contributed by atoms with Crippen LogP contribution in [0, 0.1) is 5.92 Å². The van der Waals surface area contributed by atoms with Crippen LogP contribution in [-0.2, 0) is 32.0 Å². The molecule has 0 radical (unpaired) electrons. The second-order valence-corrected chi connectivity index (χ2v) is 9.78. The number of amides is 3. The molecule has 13 heteroatoms. The predicted octanol–water partition coefficient (Wildman–Crippen LogP) is -0.419. The number of nitrogens with one attached hydrogen (secondary N) is 5. The van der Waals surface area contributed by atoms with Crippen LogP contribution in [0.5, 0.6) is 0 Å². The van der Waals surface area contributed by atoms with E-state index in [1.807, 2.05) is 38.1 Å². The van der Waals surface area contributed by atoms with E-state index in [2.05, 4.69) is 30.9 Å². The number of aromatic amines is 2. The average molecular weight is 542 g/mol. The summed E-state index contributed by atoms with van der Waals surface area (Å²) in [6, 6.07) is 2.65. The fraction of sp³-hybridized carbons (Fsp3) is 0.423. The van der Waals surface area contributed by atoms with Gasteiger partial charge >= 0.3 is 5.97 Å². The van der Waals surface area contributed by atoms with Gasteiger partial charge in [-0.05, 0) is 24.0 Å². The molecule has 2 heterocycles. The van der Waals surface area contributed by atoms with Crippen LogP contribution in [0.3, 0.4) is 0 Å². The Labute approximate surface area is 225 Å². The smallest absolute Gasteiger partial charge is 0.328 e. The van der Waals surface area contributed by atoms with Gasteiger partial charge in [-0.2, -0.15) is 0 Å². The van der Waals surface area contributed by atoms with Crippen LogP contribution in [0.1, 0.15) is 31.5 Å². The van der Waals surface area contributed by atoms with Crippen molar-refractivity contribution in [2.24, 2.45) is 11.7 Å². The van der Waals surface area contributed by atoms with Crippen molar-refractivity contribution < 1.29 is 29.4 Å². The standard InChI is InChI=1S/C26H35N7O6/c1-14(2)7-18(27)23(35)31-21(9-16-11-28-13-30-16)25(37)32-20(24(36)33-22(12-34)26(38)39)8-15-10-29-19-6-4-3-5-17(15)19/h3-6,10-11,13-14,18,20-22,29,34H,7-9,12,27H2,1-2H3,(H,28,30)(H,31,35)(H,32,37)(H,33,36)(H,38,39). The number of carbonyl (C=O) groups is 4. The highest BCUT2D eigenvalue weighted by Crippen LogP contribution is 2.19. The highest BCUT2D eigenvalue weighted by Gasteiger charge is 2.31. The number of hydrogen-bond donors (Lipinski definition) is 8. The van der Waals surface area contributed by atoms with E-state index < -0.39 is 54.5 Å². The van der Waals surface area contributed by atoms with Gasteiger partial charge in [-0.1, -0.05) is 32.0 Å². The van der Waals surface area contributed by atoms with Gasteiger partial charge in [0.05, 0.1) is 19.0 Å². The molecular weight excluding hydrogens is 506 g/mol. The van der Waals surface area contributed by atoms with Crippen molar-refractivity contribution in [2.75, 3.05) is 6.61 Å². The van der Waals surface area contributed by atoms with Gasteiger partial charge < -0.3 is 41.9 Å². The quantitative estimate of drug-likeness (QED) is 0.134. The summed E-state index contributed by atoms with van der Waals surface area (Å²) < 4.78 is 0. The van der Waals surface area contributed by atoms with Crippen LogP contribution in [0.15, 0.2) is 43.0 Å². The van der Waals surface area contributed by atoms with Crippen LogP contribution in [0.4, 0.5) is 0 Å². The second-order valence-electron chi connectivity index (χ2n) is 9.78. The Kier molecular flexibility index (Phi) is 10.2. The molecule has 4 unspecified atom stereocenters. The van der Waals surface area contributed by atoms with Gasteiger partial charge in [0.25, 0.3) is 0 Å². The summed E-state index contributed by atoms with van der Waals surface area (Å²) in [5.74, 6) is -3.27. The lowest BCUT2D eigenvalue weighted by molar-refractivity contribution is -0.143. The van der Waals surface area contributed by atoms with Gasteiger partial charge in [-0.15, -0.1) is 0 Å². The molecule has 0 saturated carbocycles. The maximum Gasteiger partial charge on any atom is 0.328 e. The summed E-state index contributed by atoms with van der Waals surface area (Å²) in [6.45, 7) is 3.01. The molecule has 0 saturated heterocycles. The minimum absolute atomic E-state index is 0.0109. The van der Waals surface area contributed by atoms with Crippen molar-refractivity contribution in [3.8, 4) is 0 Å². The summed E-state index contributed by atoms with van der Waals surface area (Å²) >= 11 is 0. The number of fused-ring (bicyclic) bond motifs is 1. The van der Waals surface area contributed by atoms with E-state index in [-0.39, 0.29) is 18.8 Å². The number of carbonyl (C=O) groups excluding carboxylic acids is 3. The van der Waals surface area contributed by atoms with Gasteiger partial charge in [0.1, 0.15) is 18.1 Å². The molecule has 39 heavy (non-hydrogen) atoms. The number of hydrogen-bond acceptors (Lipinski definition) is 7. The van der Waals surface area contributed by atoms with Gasteiger partial charge in [-0.25, -0.2) is 9.78 Å². The van der Waals surface area contributed by atoms with Crippen molar-refractivity contribution in [3.63, 3.8) is 0 Å². The number of rotatable bonds is 14. The Bertz CT molecular complexity index is 1270. The SMILES string of the molecule is CC(C)CC(N)C(=O)NC(Cc1cnc[nH]1)C(=O)NC(Cc1c[nH]c2ccccc12)C(=O)NC(CO)C(=O)O. The van der Waals surface area contributed by atoms with Gasteiger partial charge in [-0.3, -0.25) is 14.4 Å². The van der Waals surface area contributed by atoms with Gasteiger partial charge in [0, 0.05) is 41.8 Å². The van der Waals surface area contributed by atoms with Crippen LogP contribution in [0.2, 0.25) is 0 Å². The monoisotopic (exact) mass is 541 g/mol. The molecule has 0 spiro atoms. The van der Waals surface area contributed by atoms with E-state index in [1.54, 1.807) is 6.20 Å². The molecule has 0 aliphatic carbocycles. The van der Waals surface area contributed by atoms with Crippen LogP contribution < -0.4 is 21.7 Å². The van der Waals surface area contributed by atoms with E-state index in [0.717, 1.165) is 10.9 Å². The first-order valence-electron chi connectivity index (χ1n) is 12.6. The molecule has 0 fully saturated rings. The molecular formula is C26H35N7O6. The Balaban J connectivity index is 1.86. The first-order chi connectivity index (χ1) is 18.6. The van der Waals surface area contributed by atoms with Crippen molar-refractivity contribution >= 4 is 34.6 Å². The highest BCUT2D eigenvalue weighted by atomic mass is 16.4. The number of carboxylic acids is 1. The van der Waals surface area contributed by atoms with Crippen molar-refractivity contribution in [1.82, 2.24) is 30.9 Å². The van der Waals surface area contributed by atoms with Crippen molar-refractivity contribution in [3.05, 3.63) is 54.2 Å². The topological polar surface area (TPSA) is 215 Å². The summed E-state index contributed by atoms with van der Waals surface area (Å²) in [7, 11) is 0. The minimum Gasteiger partial charge on any atom is -0.480 e. The molecule has 9 N–H and O–H groups in total. The third-order valence-corrected chi connectivity index (χ3v) is 6.20. The number of aromatic nitrogens is 3. The first-order valence-corrected chi connectivity index (χ1v) is 12.6. The average Bonchev–Trinajstić information content (AvgIpc) is 3.55. The molecule has 210 valence electrons. The first kappa shape index (κ1) is 29.3. The van der Waals surface area contributed by atoms with Gasteiger partial charge in [0.2, 0.25) is 17.7 Å². The number of carboxylic acid groups (broad SMARTS) is 1. The molecule has 2 aromatic heterocycles. The zero-order valence-corrected chi connectivity index (χ0v) is 21.8. The third kappa shape index (κ3) is 8.12. The maximum atomic E-state index is 13.5. The van der Waals surface area contributed by atoms with E-state index in [1.165, 1.54) is 12.5 Å². The highest BCUT2D eigenvalue weighted by molar-refractivity contribution is 5.95. The Morgan fingerprint density at radius 2 is 1.59 bits per heavy atom. The fourth-order valence-corrected chi connectivity index (χ4v) is 4.18. The minimum atomic E-state index is -1.56. The summed E-state index contributed by atoms with van der Waals surface area (Å²) in [6.07, 6.45) is 5.11. The largest absolute Gasteiger partial charge is 0.480 e. The number of benzene rings is 1. The number of imidazole rings is 1. The van der Waals surface area contributed by atoms with E-state index in [4.69, 9.17) is 5.73 Å². The normalized spacial score (nSPS) is 14.4. The van der Waals surface area contributed by atoms with Crippen molar-refractivity contribution in [1.29, 1.82) is 0 Å².